The van der Waals surface area contributed by atoms with E-state index in [1.54, 1.807) is 13.0 Å². The number of anilines is 1. The summed E-state index contributed by atoms with van der Waals surface area (Å²) in [6.07, 6.45) is 1.16. The van der Waals surface area contributed by atoms with Crippen molar-refractivity contribution < 1.29 is 31.5 Å². The van der Waals surface area contributed by atoms with Crippen LogP contribution in [-0.2, 0) is 19.4 Å². The first-order chi connectivity index (χ1) is 20.0. The first-order valence-electron chi connectivity index (χ1n) is 12.3. The number of rotatable bonds is 6. The van der Waals surface area contributed by atoms with E-state index < -0.39 is 49.3 Å². The van der Waals surface area contributed by atoms with Gasteiger partial charge in [-0.15, -0.1) is 0 Å². The van der Waals surface area contributed by atoms with Crippen molar-refractivity contribution in [2.24, 2.45) is 0 Å². The van der Waals surface area contributed by atoms with Crippen molar-refractivity contribution in [2.75, 3.05) is 12.3 Å². The summed E-state index contributed by atoms with van der Waals surface area (Å²) in [6.45, 7) is 1.47. The van der Waals surface area contributed by atoms with Gasteiger partial charge < -0.3 is 10.5 Å². The molecule has 1 unspecified atom stereocenters. The molecular formula is C29H20Cl2F2N2O5S2. The number of carbonyl (C=O) groups excluding carboxylic acids is 2. The van der Waals surface area contributed by atoms with Crippen molar-refractivity contribution in [1.82, 2.24) is 4.57 Å². The second kappa shape index (κ2) is 11.6. The normalized spacial score (nSPS) is 15.5. The number of nitrogens with two attached hydrogens (primary N) is 1. The molecule has 2 N–H and O–H groups in total. The third-order valence-electron chi connectivity index (χ3n) is 6.42. The van der Waals surface area contributed by atoms with Crippen molar-refractivity contribution in [1.29, 1.82) is 0 Å². The fourth-order valence-electron chi connectivity index (χ4n) is 4.56. The van der Waals surface area contributed by atoms with E-state index in [0.717, 1.165) is 22.8 Å². The second-order valence-corrected chi connectivity index (χ2v) is 12.7. The van der Waals surface area contributed by atoms with Crippen LogP contribution in [0.15, 0.2) is 76.7 Å². The van der Waals surface area contributed by atoms with Crippen LogP contribution in [-0.4, -0.2) is 31.5 Å². The Morgan fingerprint density at radius 1 is 1.02 bits per heavy atom. The second-order valence-electron chi connectivity index (χ2n) is 8.93. The van der Waals surface area contributed by atoms with Gasteiger partial charge in [0.25, 0.3) is 0 Å². The lowest BCUT2D eigenvalue weighted by molar-refractivity contribution is -0.135. The summed E-state index contributed by atoms with van der Waals surface area (Å²) in [6, 6.07) is 14.8. The summed E-state index contributed by atoms with van der Waals surface area (Å²) < 4.78 is 64.1. The minimum Gasteiger partial charge on any atom is -0.462 e. The Kier molecular flexibility index (Phi) is 8.21. The predicted molar refractivity (Wildman–Crippen MR) is 157 cm³/mol. The molecule has 1 aliphatic rings. The largest absolute Gasteiger partial charge is 0.462 e. The number of nitrogens with zero attached hydrogens (tertiary/aromatic N) is 1. The van der Waals surface area contributed by atoms with E-state index >= 15 is 4.39 Å². The molecule has 0 radical (unpaired) electrons. The van der Waals surface area contributed by atoms with Gasteiger partial charge in [0, 0.05) is 21.4 Å². The number of thioether (sulfide) groups is 1. The Bertz CT molecular complexity index is 1960. The molecule has 1 atom stereocenters. The third kappa shape index (κ3) is 5.00. The van der Waals surface area contributed by atoms with Crippen LogP contribution >= 0.6 is 35.0 Å². The van der Waals surface area contributed by atoms with E-state index in [-0.39, 0.29) is 48.1 Å². The van der Waals surface area contributed by atoms with Gasteiger partial charge >= 0.3 is 5.97 Å². The highest BCUT2D eigenvalue weighted by Gasteiger charge is 2.41. The van der Waals surface area contributed by atoms with E-state index in [9.17, 15) is 22.4 Å². The Hall–Kier alpha value is -3.64. The Morgan fingerprint density at radius 2 is 1.67 bits per heavy atom. The van der Waals surface area contributed by atoms with Gasteiger partial charge in [-0.25, -0.2) is 22.0 Å². The van der Waals surface area contributed by atoms with Crippen LogP contribution in [0.2, 0.25) is 10.0 Å². The molecule has 216 valence electrons. The number of carbonyl (C=O) groups is 2. The Morgan fingerprint density at radius 3 is 2.29 bits per heavy atom. The highest BCUT2D eigenvalue weighted by Crippen LogP contribution is 2.44. The van der Waals surface area contributed by atoms with Gasteiger partial charge in [0.05, 0.1) is 27.6 Å². The average molecular weight is 650 g/mol. The number of esters is 1. The average Bonchev–Trinajstić information content (AvgIpc) is 3.25. The molecule has 4 aromatic rings. The third-order valence-corrected chi connectivity index (χ3v) is 10.1. The smallest absolute Gasteiger partial charge is 0.346 e. The molecule has 1 aromatic heterocycles. The van der Waals surface area contributed by atoms with E-state index in [1.165, 1.54) is 48.5 Å². The molecule has 3 aromatic carbocycles. The van der Waals surface area contributed by atoms with Gasteiger partial charge in [0.2, 0.25) is 15.7 Å². The lowest BCUT2D eigenvalue weighted by atomic mass is 10.1. The van der Waals surface area contributed by atoms with Gasteiger partial charge in [-0.2, -0.15) is 0 Å². The zero-order valence-electron chi connectivity index (χ0n) is 21.6. The first-order valence-corrected chi connectivity index (χ1v) is 15.4. The topological polar surface area (TPSA) is 108 Å². The highest BCUT2D eigenvalue weighted by molar-refractivity contribution is 8.10. The lowest BCUT2D eigenvalue weighted by Gasteiger charge is -2.24. The van der Waals surface area contributed by atoms with Crippen LogP contribution in [0.25, 0.3) is 11.0 Å². The molecule has 7 nitrogen and oxygen atoms in total. The number of sulfone groups is 1. The van der Waals surface area contributed by atoms with Crippen molar-refractivity contribution in [3.63, 3.8) is 0 Å². The minimum absolute atomic E-state index is 0.0368. The molecule has 0 saturated carbocycles. The van der Waals surface area contributed by atoms with Crippen LogP contribution in [0.4, 0.5) is 14.5 Å². The van der Waals surface area contributed by atoms with Gasteiger partial charge in [-0.3, -0.25) is 9.36 Å². The van der Waals surface area contributed by atoms with Crippen LogP contribution in [0.1, 0.15) is 28.1 Å². The molecule has 2 heterocycles. The van der Waals surface area contributed by atoms with Crippen molar-refractivity contribution >= 4 is 73.3 Å². The lowest BCUT2D eigenvalue weighted by Crippen LogP contribution is -2.42. The predicted octanol–water partition coefficient (Wildman–Crippen LogP) is 5.12. The zero-order chi connectivity index (χ0) is 30.3. The summed E-state index contributed by atoms with van der Waals surface area (Å²) in [5.74, 6) is -3.50. The summed E-state index contributed by atoms with van der Waals surface area (Å²) >= 11 is 13.2. The molecule has 13 heteroatoms. The van der Waals surface area contributed by atoms with Crippen LogP contribution in [0, 0.1) is 11.6 Å². The van der Waals surface area contributed by atoms with E-state index in [2.05, 4.69) is 0 Å². The summed E-state index contributed by atoms with van der Waals surface area (Å²) in [5, 5.41) is -2.79. The highest BCUT2D eigenvalue weighted by atomic mass is 35.5. The maximum absolute atomic E-state index is 15.1. The van der Waals surface area contributed by atoms with Crippen molar-refractivity contribution in [3.8, 4) is 0 Å². The number of ether oxygens (including phenoxy) is 1. The Labute approximate surface area is 253 Å². The van der Waals surface area contributed by atoms with Gasteiger partial charge in [0.15, 0.2) is 5.03 Å². The molecule has 5 rings (SSSR count). The number of halogens is 4. The molecule has 0 aliphatic carbocycles. The minimum atomic E-state index is -4.55. The van der Waals surface area contributed by atoms with Crippen LogP contribution < -0.4 is 16.3 Å². The molecule has 1 aliphatic heterocycles. The number of fused-ring (bicyclic) bond motifs is 1. The molecule has 0 spiro atoms. The SMILES string of the molecule is CCOC(=O)C1=c2/c(=C/c3c(F)cccc3Cl)c(N)c(S(=O)(=O)c3ccccc3)n2C(=O)C(c2c(F)cccc2Cl)S1. The standard InChI is InChI=1S/C29H20Cl2F2N2O5S2/c1-2-40-29(37)26-24-17(14-16-18(30)10-6-12-20(16)32)23(34)28(42(38,39)15-8-4-3-5-9-15)35(24)27(36)25(41-26)22-19(31)11-7-13-21(22)33/h3-14,25H,2,34H2,1H3/b17-14+. The first kappa shape index (κ1) is 29.8. The quantitative estimate of drug-likeness (QED) is 0.289. The maximum Gasteiger partial charge on any atom is 0.346 e. The molecule has 0 amide bonds. The number of hydrogen-bond donors (Lipinski definition) is 1. The number of nitrogen functional groups attached to an aromatic ring is 1. The summed E-state index contributed by atoms with van der Waals surface area (Å²) in [5.41, 5.74) is 5.59. The molecule has 0 saturated heterocycles. The number of aromatic nitrogens is 1. The fraction of sp³-hybridized carbons (Fsp3) is 0.103. The number of benzene rings is 3. The van der Waals surface area contributed by atoms with E-state index in [1.807, 2.05) is 0 Å². The molecule has 0 fully saturated rings. The van der Waals surface area contributed by atoms with Gasteiger partial charge in [-0.05, 0) is 49.4 Å². The van der Waals surface area contributed by atoms with Gasteiger partial charge in [0.1, 0.15) is 21.8 Å². The Balaban J connectivity index is 1.99. The monoisotopic (exact) mass is 648 g/mol. The van der Waals surface area contributed by atoms with Crippen LogP contribution in [0.5, 0.6) is 0 Å². The van der Waals surface area contributed by atoms with Crippen molar-refractivity contribution in [3.05, 3.63) is 110 Å². The number of hydrogen-bond acceptors (Lipinski definition) is 7. The summed E-state index contributed by atoms with van der Waals surface area (Å²) in [7, 11) is -4.55. The molecular weight excluding hydrogens is 629 g/mol. The summed E-state index contributed by atoms with van der Waals surface area (Å²) in [4.78, 5) is 27.1. The van der Waals surface area contributed by atoms with Crippen molar-refractivity contribution in [2.45, 2.75) is 22.1 Å². The molecule has 42 heavy (non-hydrogen) atoms. The molecule has 0 bridgehead atoms. The maximum atomic E-state index is 15.1. The fourth-order valence-corrected chi connectivity index (χ4v) is 7.94. The van der Waals surface area contributed by atoms with E-state index in [0.29, 0.717) is 11.8 Å². The van der Waals surface area contributed by atoms with Gasteiger partial charge in [-0.1, -0.05) is 65.3 Å². The zero-order valence-corrected chi connectivity index (χ0v) is 24.8. The van der Waals surface area contributed by atoms with E-state index in [4.69, 9.17) is 33.7 Å². The van der Waals surface area contributed by atoms with Crippen LogP contribution in [0.3, 0.4) is 0 Å².